The minimum Gasteiger partial charge on any atom is -0.494 e. The van der Waals surface area contributed by atoms with E-state index in [0.29, 0.717) is 5.82 Å². The Bertz CT molecular complexity index is 1340. The Morgan fingerprint density at radius 1 is 0.556 bits per heavy atom. The number of unbranched alkanes of at least 4 members (excludes halogenated alkanes) is 15. The third kappa shape index (κ3) is 13.3. The van der Waals surface area contributed by atoms with Crippen LogP contribution in [0.2, 0.25) is 0 Å². The number of benzene rings is 2. The molecule has 4 aromatic rings. The molecular weight excluding hydrogens is 552 g/mol. The predicted molar refractivity (Wildman–Crippen MR) is 189 cm³/mol. The zero-order chi connectivity index (χ0) is 31.2. The van der Waals surface area contributed by atoms with E-state index in [-0.39, 0.29) is 0 Å². The highest BCUT2D eigenvalue weighted by atomic mass is 16.5. The van der Waals surface area contributed by atoms with Crippen molar-refractivity contribution in [2.75, 3.05) is 6.61 Å². The molecule has 0 fully saturated rings. The quantitative estimate of drug-likeness (QED) is 0.0661. The van der Waals surface area contributed by atoms with Crippen LogP contribution in [0.3, 0.4) is 0 Å². The summed E-state index contributed by atoms with van der Waals surface area (Å²) in [4.78, 5) is 17.7. The van der Waals surface area contributed by atoms with E-state index in [1.54, 1.807) is 12.4 Å². The number of pyridine rings is 1. The van der Waals surface area contributed by atoms with E-state index >= 15 is 0 Å². The molecule has 0 saturated carbocycles. The molecule has 0 aliphatic carbocycles. The van der Waals surface area contributed by atoms with Crippen LogP contribution in [0.5, 0.6) is 5.75 Å². The highest BCUT2D eigenvalue weighted by Crippen LogP contribution is 2.23. The molecule has 0 N–H and O–H groups in total. The van der Waals surface area contributed by atoms with Gasteiger partial charge in [0.2, 0.25) is 0 Å². The number of aliphatic imine (C=N–C) groups is 1. The smallest absolute Gasteiger partial charge is 0.159 e. The molecule has 4 rings (SSSR count). The van der Waals surface area contributed by atoms with Crippen molar-refractivity contribution in [3.8, 4) is 28.3 Å². The van der Waals surface area contributed by atoms with Crippen LogP contribution in [0.4, 0.5) is 5.69 Å². The summed E-state index contributed by atoms with van der Waals surface area (Å²) in [7, 11) is 0. The van der Waals surface area contributed by atoms with E-state index in [9.17, 15) is 0 Å². The molecule has 0 saturated heterocycles. The van der Waals surface area contributed by atoms with Crippen LogP contribution in [0.1, 0.15) is 115 Å². The fourth-order valence-corrected chi connectivity index (χ4v) is 5.51. The van der Waals surface area contributed by atoms with Crippen LogP contribution >= 0.6 is 0 Å². The summed E-state index contributed by atoms with van der Waals surface area (Å²) in [5.41, 5.74) is 4.93. The van der Waals surface area contributed by atoms with Crippen molar-refractivity contribution < 1.29 is 4.74 Å². The monoisotopic (exact) mass is 604 g/mol. The third-order valence-electron chi connectivity index (χ3n) is 8.30. The lowest BCUT2D eigenvalue weighted by molar-refractivity contribution is 0.304. The first-order chi connectivity index (χ1) is 22.3. The van der Waals surface area contributed by atoms with E-state index in [0.717, 1.165) is 46.7 Å². The maximum Gasteiger partial charge on any atom is 0.159 e. The molecule has 0 aliphatic heterocycles. The van der Waals surface area contributed by atoms with Gasteiger partial charge in [-0.2, -0.15) is 0 Å². The van der Waals surface area contributed by atoms with Crippen molar-refractivity contribution in [3.05, 3.63) is 91.0 Å². The van der Waals surface area contributed by atoms with Crippen LogP contribution in [-0.2, 0) is 0 Å². The molecule has 0 radical (unpaired) electrons. The molecule has 45 heavy (non-hydrogen) atoms. The van der Waals surface area contributed by atoms with Gasteiger partial charge in [-0.25, -0.2) is 9.97 Å². The lowest BCUT2D eigenvalue weighted by Gasteiger charge is -2.07. The molecule has 2 aromatic carbocycles. The second kappa shape index (κ2) is 21.0. The van der Waals surface area contributed by atoms with Crippen LogP contribution in [0.25, 0.3) is 22.5 Å². The third-order valence-corrected chi connectivity index (χ3v) is 8.30. The second-order valence-corrected chi connectivity index (χ2v) is 12.1. The van der Waals surface area contributed by atoms with E-state index in [4.69, 9.17) is 4.74 Å². The molecule has 0 amide bonds. The molecule has 0 unspecified atom stereocenters. The Balaban J connectivity index is 1.03. The van der Waals surface area contributed by atoms with Gasteiger partial charge in [0.15, 0.2) is 5.82 Å². The summed E-state index contributed by atoms with van der Waals surface area (Å²) >= 11 is 0. The van der Waals surface area contributed by atoms with Gasteiger partial charge in [0.1, 0.15) is 5.75 Å². The number of hydrogen-bond acceptors (Lipinski definition) is 5. The number of nitrogens with zero attached hydrogens (tertiary/aromatic N) is 4. The van der Waals surface area contributed by atoms with Crippen molar-refractivity contribution in [3.63, 3.8) is 0 Å². The Morgan fingerprint density at radius 3 is 1.64 bits per heavy atom. The Labute approximate surface area is 271 Å². The van der Waals surface area contributed by atoms with Crippen LogP contribution in [0.15, 0.2) is 90.4 Å². The number of aromatic nitrogens is 3. The van der Waals surface area contributed by atoms with Crippen molar-refractivity contribution in [2.24, 2.45) is 4.99 Å². The largest absolute Gasteiger partial charge is 0.494 e. The average Bonchev–Trinajstić information content (AvgIpc) is 3.10. The van der Waals surface area contributed by atoms with Gasteiger partial charge in [-0.3, -0.25) is 9.98 Å². The highest BCUT2D eigenvalue weighted by Gasteiger charge is 2.03. The molecule has 5 nitrogen and oxygen atoms in total. The van der Waals surface area contributed by atoms with Gasteiger partial charge < -0.3 is 4.74 Å². The van der Waals surface area contributed by atoms with Gasteiger partial charge in [0.05, 0.1) is 12.3 Å². The lowest BCUT2D eigenvalue weighted by atomic mass is 10.0. The maximum atomic E-state index is 5.97. The van der Waals surface area contributed by atoms with Crippen LogP contribution in [0, 0.1) is 0 Å². The molecule has 0 aliphatic rings. The first-order valence-electron chi connectivity index (χ1n) is 17.4. The number of rotatable bonds is 22. The Kier molecular flexibility index (Phi) is 15.9. The lowest BCUT2D eigenvalue weighted by Crippen LogP contribution is -1.97. The van der Waals surface area contributed by atoms with E-state index in [2.05, 4.69) is 39.0 Å². The normalized spacial score (nSPS) is 11.3. The first-order valence-corrected chi connectivity index (χ1v) is 17.4. The molecule has 2 heterocycles. The van der Waals surface area contributed by atoms with Gasteiger partial charge >= 0.3 is 0 Å². The van der Waals surface area contributed by atoms with Gasteiger partial charge in [-0.1, -0.05) is 115 Å². The summed E-state index contributed by atoms with van der Waals surface area (Å²) < 4.78 is 5.97. The van der Waals surface area contributed by atoms with E-state index in [1.807, 2.05) is 67.1 Å². The molecule has 0 atom stereocenters. The fourth-order valence-electron chi connectivity index (χ4n) is 5.51. The minimum absolute atomic E-state index is 0.694. The van der Waals surface area contributed by atoms with Crippen molar-refractivity contribution >= 4 is 11.9 Å². The minimum atomic E-state index is 0.694. The summed E-state index contributed by atoms with van der Waals surface area (Å²) in [6.45, 7) is 3.08. The van der Waals surface area contributed by atoms with Crippen LogP contribution < -0.4 is 4.74 Å². The standard InChI is InChI=1S/C40H52N4O/c1-2-3-4-5-6-7-8-9-10-11-12-13-14-15-16-17-30-45-39-24-18-34(19-25-39)31-42-38-22-20-35(21-23-38)37-32-43-40(44-33-37)36-26-28-41-29-27-36/h18-29,31-33H,2-17,30H2,1H3. The summed E-state index contributed by atoms with van der Waals surface area (Å²) in [5.74, 6) is 1.62. The number of hydrogen-bond donors (Lipinski definition) is 0. The van der Waals surface area contributed by atoms with Gasteiger partial charge in [0.25, 0.3) is 0 Å². The van der Waals surface area contributed by atoms with E-state index < -0.39 is 0 Å². The highest BCUT2D eigenvalue weighted by molar-refractivity contribution is 5.82. The summed E-state index contributed by atoms with van der Waals surface area (Å²) in [6.07, 6.45) is 31.2. The first kappa shape index (κ1) is 34.0. The fraction of sp³-hybridized carbons (Fsp3) is 0.450. The molecule has 5 heteroatoms. The maximum absolute atomic E-state index is 5.97. The van der Waals surface area contributed by atoms with Gasteiger partial charge in [-0.15, -0.1) is 0 Å². The Morgan fingerprint density at radius 2 is 1.09 bits per heavy atom. The number of ether oxygens (including phenoxy) is 1. The van der Waals surface area contributed by atoms with E-state index in [1.165, 1.54) is 96.3 Å². The second-order valence-electron chi connectivity index (χ2n) is 12.1. The predicted octanol–water partition coefficient (Wildman–Crippen LogP) is 11.6. The SMILES string of the molecule is CCCCCCCCCCCCCCCCCCOc1ccc(C=Nc2ccc(-c3cnc(-c4ccncc4)nc3)cc2)cc1. The molecular formula is C40H52N4O. The van der Waals surface area contributed by atoms with Gasteiger partial charge in [0, 0.05) is 42.1 Å². The average molecular weight is 605 g/mol. The molecule has 0 bridgehead atoms. The zero-order valence-corrected chi connectivity index (χ0v) is 27.4. The van der Waals surface area contributed by atoms with Crippen molar-refractivity contribution in [1.82, 2.24) is 15.0 Å². The van der Waals surface area contributed by atoms with Gasteiger partial charge in [-0.05, 0) is 66.1 Å². The van der Waals surface area contributed by atoms with Crippen molar-refractivity contribution in [1.29, 1.82) is 0 Å². The molecule has 2 aromatic heterocycles. The molecule has 0 spiro atoms. The van der Waals surface area contributed by atoms with Crippen LogP contribution in [-0.4, -0.2) is 27.8 Å². The summed E-state index contributed by atoms with van der Waals surface area (Å²) in [6, 6.07) is 20.1. The van der Waals surface area contributed by atoms with Crippen molar-refractivity contribution in [2.45, 2.75) is 110 Å². The Hall–Kier alpha value is -3.86. The zero-order valence-electron chi connectivity index (χ0n) is 27.4. The summed E-state index contributed by atoms with van der Waals surface area (Å²) in [5, 5.41) is 0. The molecule has 238 valence electrons. The topological polar surface area (TPSA) is 60.3 Å².